The molecule has 1 atom stereocenters. The molecule has 15 nitrogen and oxygen atoms in total. The van der Waals surface area contributed by atoms with Crippen LogP contribution in [0.15, 0.2) is 36.4 Å². The third-order valence-electron chi connectivity index (χ3n) is 12.5. The van der Waals surface area contributed by atoms with Crippen molar-refractivity contribution in [2.75, 3.05) is 57.7 Å². The molecule has 63 heavy (non-hydrogen) atoms. The molecular formula is C47H57FN8O7. The lowest BCUT2D eigenvalue weighted by molar-refractivity contribution is -0.136. The quantitative estimate of drug-likeness (QED) is 0.0656. The van der Waals surface area contributed by atoms with Crippen molar-refractivity contribution in [3.05, 3.63) is 87.0 Å². The van der Waals surface area contributed by atoms with Gasteiger partial charge in [0, 0.05) is 68.3 Å². The van der Waals surface area contributed by atoms with Crippen LogP contribution in [-0.4, -0.2) is 119 Å². The number of halogens is 1. The molecule has 0 radical (unpaired) electrons. The highest BCUT2D eigenvalue weighted by Crippen LogP contribution is 2.35. The van der Waals surface area contributed by atoms with Crippen molar-refractivity contribution in [1.29, 1.82) is 0 Å². The average molecular weight is 865 g/mol. The Labute approximate surface area is 366 Å². The predicted octanol–water partition coefficient (Wildman–Crippen LogP) is 4.49. The molecule has 7 rings (SSSR count). The van der Waals surface area contributed by atoms with Crippen molar-refractivity contribution in [2.45, 2.75) is 90.5 Å². The summed E-state index contributed by atoms with van der Waals surface area (Å²) in [6.07, 6.45) is 10.3. The molecule has 2 saturated heterocycles. The third kappa shape index (κ3) is 10.6. The molecule has 4 aliphatic rings. The Balaban J connectivity index is 0.713. The van der Waals surface area contributed by atoms with Gasteiger partial charge in [0.05, 0.1) is 28.8 Å². The molecule has 2 aromatic carbocycles. The molecule has 0 bridgehead atoms. The predicted molar refractivity (Wildman–Crippen MR) is 235 cm³/mol. The average Bonchev–Trinajstić information content (AvgIpc) is 3.82. The number of aromatic nitrogens is 1. The minimum absolute atomic E-state index is 0.0406. The van der Waals surface area contributed by atoms with E-state index in [0.29, 0.717) is 76.5 Å². The highest BCUT2D eigenvalue weighted by atomic mass is 19.1. The summed E-state index contributed by atoms with van der Waals surface area (Å²) < 4.78 is 13.9. The minimum Gasteiger partial charge on any atom is -0.358 e. The number of carbonyl (C=O) groups is 7. The maximum atomic E-state index is 13.9. The summed E-state index contributed by atoms with van der Waals surface area (Å²) in [5, 5.41) is 11.1. The molecule has 4 aliphatic heterocycles. The van der Waals surface area contributed by atoms with Crippen molar-refractivity contribution < 1.29 is 38.0 Å². The topological polar surface area (TPSA) is 193 Å². The molecule has 1 unspecified atom stereocenters. The summed E-state index contributed by atoms with van der Waals surface area (Å²) in [6, 6.07) is 8.47. The third-order valence-corrected chi connectivity index (χ3v) is 12.5. The number of H-pyrrole nitrogens is 1. The van der Waals surface area contributed by atoms with Gasteiger partial charge in [-0.15, -0.1) is 0 Å². The second-order valence-electron chi connectivity index (χ2n) is 17.0. The standard InChI is InChI=1S/C47H57FN8O7/c1-29-37(27-35-34-26-32(48)15-16-36(34)52-43(35)59)51-30(2)41(29)45(61)50-20-11-21-54-22-24-55(25-23-54)28-40(58)49-19-9-7-5-3-4-6-8-12-31-13-10-14-33-42(31)47(63)56(46(33)62)38-17-18-39(57)53-44(38)60/h10,13-16,26-27,38,51H,3-9,11-12,17-25,28H2,1-2H3,(H,49,58)(H,50,61)(H,52,59)(H,53,57,60)/b35-27-. The van der Waals surface area contributed by atoms with E-state index < -0.39 is 35.5 Å². The summed E-state index contributed by atoms with van der Waals surface area (Å²) in [5.74, 6) is -2.84. The number of carbonyl (C=O) groups excluding carboxylic acids is 7. The van der Waals surface area contributed by atoms with Crippen LogP contribution in [0.2, 0.25) is 0 Å². The number of unbranched alkanes of at least 4 members (excludes halogenated alkanes) is 6. The number of imide groups is 2. The fourth-order valence-electron chi connectivity index (χ4n) is 9.08. The van der Waals surface area contributed by atoms with Gasteiger partial charge in [0.25, 0.3) is 23.6 Å². The number of aryl methyl sites for hydroxylation is 2. The zero-order valence-corrected chi connectivity index (χ0v) is 36.1. The van der Waals surface area contributed by atoms with Crippen LogP contribution < -0.4 is 21.3 Å². The van der Waals surface area contributed by atoms with Crippen LogP contribution in [0.4, 0.5) is 10.1 Å². The molecule has 334 valence electrons. The number of piperazine rings is 1. The number of benzene rings is 2. The highest BCUT2D eigenvalue weighted by Gasteiger charge is 2.45. The van der Waals surface area contributed by atoms with Crippen LogP contribution in [0.1, 0.15) is 123 Å². The van der Waals surface area contributed by atoms with Gasteiger partial charge < -0.3 is 25.8 Å². The highest BCUT2D eigenvalue weighted by molar-refractivity contribution is 6.35. The van der Waals surface area contributed by atoms with E-state index in [2.05, 4.69) is 36.1 Å². The first-order chi connectivity index (χ1) is 30.4. The molecule has 0 spiro atoms. The largest absolute Gasteiger partial charge is 0.358 e. The van der Waals surface area contributed by atoms with Crippen molar-refractivity contribution in [1.82, 2.24) is 35.6 Å². The Hall–Kier alpha value is -6.00. The van der Waals surface area contributed by atoms with Crippen molar-refractivity contribution in [2.24, 2.45) is 0 Å². The first-order valence-electron chi connectivity index (χ1n) is 22.2. The maximum absolute atomic E-state index is 13.9. The number of piperidine rings is 1. The molecule has 0 aliphatic carbocycles. The number of fused-ring (bicyclic) bond motifs is 2. The van der Waals surface area contributed by atoms with Crippen molar-refractivity contribution in [3.8, 4) is 0 Å². The number of amides is 7. The lowest BCUT2D eigenvalue weighted by Gasteiger charge is -2.34. The Morgan fingerprint density at radius 2 is 1.52 bits per heavy atom. The molecule has 7 amide bonds. The van der Waals surface area contributed by atoms with Gasteiger partial charge in [0.1, 0.15) is 11.9 Å². The van der Waals surface area contributed by atoms with E-state index in [0.717, 1.165) is 94.6 Å². The fraction of sp³-hybridized carbons (Fsp3) is 0.468. The van der Waals surface area contributed by atoms with Crippen LogP contribution in [0.5, 0.6) is 0 Å². The number of hydrogen-bond acceptors (Lipinski definition) is 9. The summed E-state index contributed by atoms with van der Waals surface area (Å²) in [5.41, 5.74) is 5.46. The molecular weight excluding hydrogens is 808 g/mol. The Bertz CT molecular complexity index is 2310. The summed E-state index contributed by atoms with van der Waals surface area (Å²) >= 11 is 0. The fourth-order valence-corrected chi connectivity index (χ4v) is 9.08. The van der Waals surface area contributed by atoms with E-state index in [1.54, 1.807) is 18.2 Å². The van der Waals surface area contributed by atoms with E-state index in [4.69, 9.17) is 0 Å². The van der Waals surface area contributed by atoms with Gasteiger partial charge in [-0.05, 0) is 94.0 Å². The second kappa shape index (κ2) is 20.5. The van der Waals surface area contributed by atoms with E-state index in [1.807, 2.05) is 19.9 Å². The van der Waals surface area contributed by atoms with Crippen molar-refractivity contribution >= 4 is 58.7 Å². The molecule has 2 fully saturated rings. The van der Waals surface area contributed by atoms with Crippen LogP contribution in [-0.2, 0) is 25.6 Å². The lowest BCUT2D eigenvalue weighted by Crippen LogP contribution is -2.54. The van der Waals surface area contributed by atoms with Gasteiger partial charge in [-0.25, -0.2) is 4.39 Å². The monoisotopic (exact) mass is 864 g/mol. The number of nitrogens with one attached hydrogen (secondary N) is 5. The summed E-state index contributed by atoms with van der Waals surface area (Å²) in [6.45, 7) is 9.33. The van der Waals surface area contributed by atoms with Crippen LogP contribution in [0.25, 0.3) is 11.6 Å². The maximum Gasteiger partial charge on any atom is 0.262 e. The van der Waals surface area contributed by atoms with E-state index in [1.165, 1.54) is 18.2 Å². The smallest absolute Gasteiger partial charge is 0.262 e. The molecule has 1 aromatic heterocycles. The van der Waals surface area contributed by atoms with Gasteiger partial charge >= 0.3 is 0 Å². The number of aromatic amines is 1. The van der Waals surface area contributed by atoms with E-state index in [9.17, 15) is 38.0 Å². The molecule has 3 aromatic rings. The SMILES string of the molecule is Cc1[nH]c(/C=C2\C(=O)Nc3ccc(F)cc32)c(C)c1C(=O)NCCCN1CCN(CC(=O)NCCCCCCCCCc2cccc3c2C(=O)N(C2CCC(=O)NC2=O)C3=O)CC1. The molecule has 5 heterocycles. The number of nitrogens with zero attached hydrogens (tertiary/aromatic N) is 3. The van der Waals surface area contributed by atoms with E-state index >= 15 is 0 Å². The second-order valence-corrected chi connectivity index (χ2v) is 17.0. The number of hydrogen-bond donors (Lipinski definition) is 5. The van der Waals surface area contributed by atoms with Gasteiger partial charge in [-0.3, -0.25) is 48.7 Å². The minimum atomic E-state index is -0.967. The molecule has 0 saturated carbocycles. The van der Waals surface area contributed by atoms with Crippen molar-refractivity contribution in [3.63, 3.8) is 0 Å². The van der Waals surface area contributed by atoms with Gasteiger partial charge in [-0.2, -0.15) is 0 Å². The van der Waals surface area contributed by atoms with Gasteiger partial charge in [0.2, 0.25) is 17.7 Å². The van der Waals surface area contributed by atoms with Crippen LogP contribution >= 0.6 is 0 Å². The van der Waals surface area contributed by atoms with Gasteiger partial charge in [0.15, 0.2) is 0 Å². The van der Waals surface area contributed by atoms with Crippen LogP contribution in [0, 0.1) is 19.7 Å². The van der Waals surface area contributed by atoms with Gasteiger partial charge in [-0.1, -0.05) is 44.2 Å². The first kappa shape index (κ1) is 45.0. The zero-order valence-electron chi connectivity index (χ0n) is 36.1. The zero-order chi connectivity index (χ0) is 44.6. The normalized spacial score (nSPS) is 18.5. The summed E-state index contributed by atoms with van der Waals surface area (Å²) in [7, 11) is 0. The molecule has 16 heteroatoms. The Kier molecular flexibility index (Phi) is 14.6. The number of anilines is 1. The first-order valence-corrected chi connectivity index (χ1v) is 22.2. The Morgan fingerprint density at radius 3 is 2.29 bits per heavy atom. The summed E-state index contributed by atoms with van der Waals surface area (Å²) in [4.78, 5) is 97.6. The Morgan fingerprint density at radius 1 is 0.810 bits per heavy atom. The number of rotatable bonds is 19. The lowest BCUT2D eigenvalue weighted by atomic mass is 9.97. The van der Waals surface area contributed by atoms with E-state index in [-0.39, 0.29) is 30.6 Å². The molecule has 5 N–H and O–H groups in total. The van der Waals surface area contributed by atoms with Crippen LogP contribution in [0.3, 0.4) is 0 Å².